The van der Waals surface area contributed by atoms with E-state index in [1.54, 1.807) is 12.4 Å². The van der Waals surface area contributed by atoms with Gasteiger partial charge in [-0.1, -0.05) is 29.8 Å². The van der Waals surface area contributed by atoms with Gasteiger partial charge in [0.15, 0.2) is 0 Å². The summed E-state index contributed by atoms with van der Waals surface area (Å²) in [6, 6.07) is 12.0. The number of hydrogen-bond acceptors (Lipinski definition) is 4. The summed E-state index contributed by atoms with van der Waals surface area (Å²) in [5.41, 5.74) is 2.04. The number of benzene rings is 1. The predicted octanol–water partition coefficient (Wildman–Crippen LogP) is 2.95. The van der Waals surface area contributed by atoms with E-state index in [2.05, 4.69) is 46.8 Å². The molecule has 0 radical (unpaired) electrons. The third-order valence-corrected chi connectivity index (χ3v) is 5.29. The average molecular weight is 396 g/mol. The highest BCUT2D eigenvalue weighted by molar-refractivity contribution is 5.80. The summed E-state index contributed by atoms with van der Waals surface area (Å²) in [5.74, 6) is 0.715. The fourth-order valence-corrected chi connectivity index (χ4v) is 3.67. The molecular weight excluding hydrogens is 366 g/mol. The Morgan fingerprint density at radius 2 is 2.10 bits per heavy atom. The molecule has 1 fully saturated rings. The summed E-state index contributed by atoms with van der Waals surface area (Å²) >= 11 is 0. The Kier molecular flexibility index (Phi) is 6.86. The van der Waals surface area contributed by atoms with Crippen LogP contribution in [0.3, 0.4) is 0 Å². The van der Waals surface area contributed by atoms with Crippen molar-refractivity contribution in [2.45, 2.75) is 57.6 Å². The summed E-state index contributed by atoms with van der Waals surface area (Å²) in [7, 11) is 0. The monoisotopic (exact) mass is 395 g/mol. The van der Waals surface area contributed by atoms with E-state index in [0.717, 1.165) is 12.8 Å². The second-order valence-corrected chi connectivity index (χ2v) is 7.91. The van der Waals surface area contributed by atoms with E-state index in [4.69, 9.17) is 4.74 Å². The quantitative estimate of drug-likeness (QED) is 0.684. The van der Waals surface area contributed by atoms with Gasteiger partial charge < -0.3 is 15.4 Å². The number of ether oxygens (including phenoxy) is 1. The molecule has 29 heavy (non-hydrogen) atoms. The maximum atomic E-state index is 12.4. The smallest absolute Gasteiger partial charge is 0.220 e. The largest absolute Gasteiger partial charge is 0.487 e. The summed E-state index contributed by atoms with van der Waals surface area (Å²) in [6.45, 7) is 4.38. The van der Waals surface area contributed by atoms with Gasteiger partial charge >= 0.3 is 0 Å². The first-order valence-electron chi connectivity index (χ1n) is 10.1. The number of pyridine rings is 1. The van der Waals surface area contributed by atoms with Crippen LogP contribution in [0.1, 0.15) is 43.7 Å². The van der Waals surface area contributed by atoms with Gasteiger partial charge in [0.1, 0.15) is 11.9 Å². The van der Waals surface area contributed by atoms with Crippen LogP contribution in [-0.4, -0.2) is 35.0 Å². The lowest BCUT2D eigenvalue weighted by Gasteiger charge is -2.29. The summed E-state index contributed by atoms with van der Waals surface area (Å²) in [4.78, 5) is 28.3. The topological polar surface area (TPSA) is 80.3 Å². The minimum Gasteiger partial charge on any atom is -0.487 e. The van der Waals surface area contributed by atoms with E-state index >= 15 is 0 Å². The molecule has 0 saturated carbocycles. The van der Waals surface area contributed by atoms with Gasteiger partial charge in [0.05, 0.1) is 12.7 Å². The number of carbonyl (C=O) groups excluding carboxylic acids is 2. The Hall–Kier alpha value is -2.89. The number of carbonyl (C=O) groups is 2. The van der Waals surface area contributed by atoms with E-state index in [1.807, 2.05) is 19.1 Å². The summed E-state index contributed by atoms with van der Waals surface area (Å²) in [5, 5.41) is 6.06. The van der Waals surface area contributed by atoms with Gasteiger partial charge in [0, 0.05) is 24.6 Å². The van der Waals surface area contributed by atoms with Crippen molar-refractivity contribution in [3.05, 3.63) is 59.9 Å². The van der Waals surface area contributed by atoms with E-state index in [9.17, 15) is 9.59 Å². The third kappa shape index (κ3) is 6.31. The normalized spacial score (nSPS) is 19.4. The van der Waals surface area contributed by atoms with Crippen molar-refractivity contribution in [3.8, 4) is 5.75 Å². The van der Waals surface area contributed by atoms with Gasteiger partial charge in [-0.05, 0) is 50.8 Å². The number of rotatable bonds is 9. The molecule has 0 unspecified atom stereocenters. The Morgan fingerprint density at radius 3 is 2.76 bits per heavy atom. The van der Waals surface area contributed by atoms with Gasteiger partial charge in [-0.25, -0.2) is 0 Å². The van der Waals surface area contributed by atoms with Crippen molar-refractivity contribution in [3.63, 3.8) is 0 Å². The molecule has 0 spiro atoms. The summed E-state index contributed by atoms with van der Waals surface area (Å²) in [6.07, 6.45) is 6.19. The SMILES string of the molecule is Cc1ccc(C[C@]2(CCC(=O)NC[C@H](C)Oc3cccnc3)CCC(=O)N2)cc1. The van der Waals surface area contributed by atoms with Crippen LogP contribution in [0.25, 0.3) is 0 Å². The molecule has 1 saturated heterocycles. The van der Waals surface area contributed by atoms with Gasteiger partial charge in [0.2, 0.25) is 11.8 Å². The molecule has 1 aliphatic heterocycles. The molecule has 0 aliphatic carbocycles. The molecule has 154 valence electrons. The second kappa shape index (κ2) is 9.54. The molecule has 2 heterocycles. The number of aromatic nitrogens is 1. The molecule has 2 N–H and O–H groups in total. The van der Waals surface area contributed by atoms with Crippen molar-refractivity contribution in [2.24, 2.45) is 0 Å². The van der Waals surface area contributed by atoms with Crippen LogP contribution in [0.2, 0.25) is 0 Å². The van der Waals surface area contributed by atoms with Crippen LogP contribution in [0.5, 0.6) is 5.75 Å². The zero-order chi connectivity index (χ0) is 20.7. The number of aryl methyl sites for hydroxylation is 1. The molecular formula is C23H29N3O3. The van der Waals surface area contributed by atoms with Gasteiger partial charge in [-0.3, -0.25) is 14.6 Å². The number of nitrogens with zero attached hydrogens (tertiary/aromatic N) is 1. The average Bonchev–Trinajstić information content (AvgIpc) is 3.08. The highest BCUT2D eigenvalue weighted by Gasteiger charge is 2.37. The van der Waals surface area contributed by atoms with Gasteiger partial charge in [-0.15, -0.1) is 0 Å². The molecule has 3 rings (SSSR count). The maximum Gasteiger partial charge on any atom is 0.220 e. The molecule has 1 aliphatic rings. The number of hydrogen-bond donors (Lipinski definition) is 2. The summed E-state index contributed by atoms with van der Waals surface area (Å²) < 4.78 is 5.73. The predicted molar refractivity (Wildman–Crippen MR) is 112 cm³/mol. The lowest BCUT2D eigenvalue weighted by Crippen LogP contribution is -2.45. The van der Waals surface area contributed by atoms with Crippen molar-refractivity contribution < 1.29 is 14.3 Å². The van der Waals surface area contributed by atoms with Gasteiger partial charge in [0.25, 0.3) is 0 Å². The van der Waals surface area contributed by atoms with Crippen LogP contribution < -0.4 is 15.4 Å². The highest BCUT2D eigenvalue weighted by Crippen LogP contribution is 2.29. The first-order valence-corrected chi connectivity index (χ1v) is 10.1. The van der Waals surface area contributed by atoms with Crippen molar-refractivity contribution in [2.75, 3.05) is 6.54 Å². The molecule has 6 heteroatoms. The molecule has 2 amide bonds. The maximum absolute atomic E-state index is 12.4. The van der Waals surface area contributed by atoms with Crippen LogP contribution in [0, 0.1) is 6.92 Å². The van der Waals surface area contributed by atoms with Gasteiger partial charge in [-0.2, -0.15) is 0 Å². The molecule has 0 bridgehead atoms. The Bertz CT molecular complexity index is 823. The number of amides is 2. The first kappa shape index (κ1) is 20.8. The van der Waals surface area contributed by atoms with Crippen molar-refractivity contribution in [1.29, 1.82) is 0 Å². The zero-order valence-corrected chi connectivity index (χ0v) is 17.1. The Morgan fingerprint density at radius 1 is 1.31 bits per heavy atom. The molecule has 6 nitrogen and oxygen atoms in total. The van der Waals surface area contributed by atoms with Crippen LogP contribution >= 0.6 is 0 Å². The van der Waals surface area contributed by atoms with Crippen molar-refractivity contribution >= 4 is 11.8 Å². The minimum absolute atomic E-state index is 0.0314. The van der Waals surface area contributed by atoms with Crippen LogP contribution in [0.4, 0.5) is 0 Å². The second-order valence-electron chi connectivity index (χ2n) is 7.91. The fraction of sp³-hybridized carbons (Fsp3) is 0.435. The minimum atomic E-state index is -0.346. The standard InChI is InChI=1S/C23H29N3O3/c1-17-5-7-19(8-6-17)14-23(12-10-22(28)26-23)11-9-21(27)25-15-18(2)29-20-4-3-13-24-16-20/h3-8,13,16,18H,9-12,14-15H2,1-2H3,(H,25,27)(H,26,28)/t18-,23-/m0/s1. The molecule has 1 aromatic heterocycles. The first-order chi connectivity index (χ1) is 13.9. The lowest BCUT2D eigenvalue weighted by molar-refractivity contribution is -0.123. The van der Waals surface area contributed by atoms with Crippen molar-refractivity contribution in [1.82, 2.24) is 15.6 Å². The molecule has 2 aromatic rings. The fourth-order valence-electron chi connectivity index (χ4n) is 3.67. The number of nitrogens with one attached hydrogen (secondary N) is 2. The van der Waals surface area contributed by atoms with E-state index in [1.165, 1.54) is 11.1 Å². The zero-order valence-electron chi connectivity index (χ0n) is 17.1. The molecule has 2 atom stereocenters. The van der Waals surface area contributed by atoms with E-state index in [-0.39, 0.29) is 23.5 Å². The Labute approximate surface area is 172 Å². The third-order valence-electron chi connectivity index (χ3n) is 5.29. The Balaban J connectivity index is 1.49. The lowest BCUT2D eigenvalue weighted by atomic mass is 9.84. The highest BCUT2D eigenvalue weighted by atomic mass is 16.5. The van der Waals surface area contributed by atoms with Crippen LogP contribution in [-0.2, 0) is 16.0 Å². The van der Waals surface area contributed by atoms with E-state index in [0.29, 0.717) is 31.6 Å². The van der Waals surface area contributed by atoms with Crippen LogP contribution in [0.15, 0.2) is 48.8 Å². The van der Waals surface area contributed by atoms with E-state index < -0.39 is 0 Å². The molecule has 1 aromatic carbocycles.